The van der Waals surface area contributed by atoms with Gasteiger partial charge in [-0.1, -0.05) is 13.8 Å². The molecule has 0 aliphatic rings. The van der Waals surface area contributed by atoms with Gasteiger partial charge < -0.3 is 15.3 Å². The summed E-state index contributed by atoms with van der Waals surface area (Å²) in [6.07, 6.45) is -0.983. The molecule has 0 aromatic carbocycles. The molecule has 0 radical (unpaired) electrons. The topological polar surface area (TPSA) is 60.7 Å². The summed E-state index contributed by atoms with van der Waals surface area (Å²) in [7, 11) is 0. The SMILES string of the molecule is CCC(O)C(O)[C@H](C)CO. The summed E-state index contributed by atoms with van der Waals surface area (Å²) < 4.78 is 0. The molecule has 2 unspecified atom stereocenters. The fourth-order valence-electron chi connectivity index (χ4n) is 0.729. The van der Waals surface area contributed by atoms with Crippen molar-refractivity contribution in [1.29, 1.82) is 0 Å². The normalized spacial score (nSPS) is 20.1. The highest BCUT2D eigenvalue weighted by atomic mass is 16.3. The average molecular weight is 148 g/mol. The highest BCUT2D eigenvalue weighted by Crippen LogP contribution is 2.08. The summed E-state index contributed by atoms with van der Waals surface area (Å²) in [6, 6.07) is 0. The van der Waals surface area contributed by atoms with Gasteiger partial charge >= 0.3 is 0 Å². The van der Waals surface area contributed by atoms with Crippen molar-refractivity contribution in [3.05, 3.63) is 0 Å². The van der Waals surface area contributed by atoms with Crippen LogP contribution in [-0.4, -0.2) is 34.1 Å². The summed E-state index contributed by atoms with van der Waals surface area (Å²) >= 11 is 0. The van der Waals surface area contributed by atoms with Crippen molar-refractivity contribution in [3.8, 4) is 0 Å². The lowest BCUT2D eigenvalue weighted by molar-refractivity contribution is -0.0278. The van der Waals surface area contributed by atoms with E-state index in [0.29, 0.717) is 6.42 Å². The molecule has 0 saturated carbocycles. The van der Waals surface area contributed by atoms with E-state index in [1.807, 2.05) is 0 Å². The van der Waals surface area contributed by atoms with Crippen LogP contribution in [0.25, 0.3) is 0 Å². The summed E-state index contributed by atoms with van der Waals surface area (Å²) in [5.41, 5.74) is 0. The van der Waals surface area contributed by atoms with Gasteiger partial charge in [-0.2, -0.15) is 0 Å². The van der Waals surface area contributed by atoms with Gasteiger partial charge in [0.2, 0.25) is 0 Å². The standard InChI is InChI=1S/C7H16O3/c1-3-6(9)7(10)5(2)4-8/h5-10H,3-4H2,1-2H3/t5-,6?,7?/m1/s1. The Morgan fingerprint density at radius 3 is 2.10 bits per heavy atom. The third-order valence-electron chi connectivity index (χ3n) is 1.68. The Hall–Kier alpha value is -0.120. The summed E-state index contributed by atoms with van der Waals surface area (Å²) in [5.74, 6) is -0.241. The van der Waals surface area contributed by atoms with Crippen LogP contribution in [0.15, 0.2) is 0 Å². The smallest absolute Gasteiger partial charge is 0.0846 e. The van der Waals surface area contributed by atoms with Crippen LogP contribution in [-0.2, 0) is 0 Å². The monoisotopic (exact) mass is 148 g/mol. The Balaban J connectivity index is 3.69. The van der Waals surface area contributed by atoms with Crippen molar-refractivity contribution in [3.63, 3.8) is 0 Å². The highest BCUT2D eigenvalue weighted by Gasteiger charge is 2.20. The summed E-state index contributed by atoms with van der Waals surface area (Å²) in [4.78, 5) is 0. The van der Waals surface area contributed by atoms with Crippen LogP contribution in [0.2, 0.25) is 0 Å². The van der Waals surface area contributed by atoms with Crippen molar-refractivity contribution in [2.75, 3.05) is 6.61 Å². The van der Waals surface area contributed by atoms with Gasteiger partial charge in [0.15, 0.2) is 0 Å². The second-order valence-electron chi connectivity index (χ2n) is 2.63. The molecule has 0 saturated heterocycles. The largest absolute Gasteiger partial charge is 0.396 e. The van der Waals surface area contributed by atoms with Gasteiger partial charge in [0.25, 0.3) is 0 Å². The van der Waals surface area contributed by atoms with E-state index in [2.05, 4.69) is 0 Å². The van der Waals surface area contributed by atoms with E-state index < -0.39 is 12.2 Å². The quantitative estimate of drug-likeness (QED) is 0.515. The molecule has 0 aliphatic heterocycles. The van der Waals surface area contributed by atoms with Crippen LogP contribution in [0, 0.1) is 5.92 Å². The fourth-order valence-corrected chi connectivity index (χ4v) is 0.729. The maximum Gasteiger partial charge on any atom is 0.0846 e. The Kier molecular flexibility index (Phi) is 4.60. The molecule has 0 spiro atoms. The van der Waals surface area contributed by atoms with Crippen LogP contribution in [0.4, 0.5) is 0 Å². The van der Waals surface area contributed by atoms with Crippen molar-refractivity contribution in [2.24, 2.45) is 5.92 Å². The molecular weight excluding hydrogens is 132 g/mol. The molecule has 0 bridgehead atoms. The molecule has 3 heteroatoms. The molecule has 0 aliphatic carbocycles. The number of aliphatic hydroxyl groups excluding tert-OH is 3. The molecule has 0 aromatic rings. The predicted molar refractivity (Wildman–Crippen MR) is 38.6 cm³/mol. The van der Waals surface area contributed by atoms with Gasteiger partial charge in [-0.15, -0.1) is 0 Å². The average Bonchev–Trinajstić information content (AvgIpc) is 2.00. The lowest BCUT2D eigenvalue weighted by atomic mass is 9.99. The molecule has 3 nitrogen and oxygen atoms in total. The van der Waals surface area contributed by atoms with Crippen molar-refractivity contribution in [1.82, 2.24) is 0 Å². The van der Waals surface area contributed by atoms with Crippen LogP contribution in [0.1, 0.15) is 20.3 Å². The van der Waals surface area contributed by atoms with Gasteiger partial charge in [-0.3, -0.25) is 0 Å². The van der Waals surface area contributed by atoms with Gasteiger partial charge in [0.05, 0.1) is 12.2 Å². The lowest BCUT2D eigenvalue weighted by Gasteiger charge is -2.20. The molecule has 3 atom stereocenters. The molecule has 10 heavy (non-hydrogen) atoms. The lowest BCUT2D eigenvalue weighted by Crippen LogP contribution is -2.33. The third-order valence-corrected chi connectivity index (χ3v) is 1.68. The number of hydrogen-bond acceptors (Lipinski definition) is 3. The van der Waals surface area contributed by atoms with E-state index in [1.54, 1.807) is 13.8 Å². The first-order valence-electron chi connectivity index (χ1n) is 3.60. The maximum absolute atomic E-state index is 9.18. The van der Waals surface area contributed by atoms with E-state index in [4.69, 9.17) is 10.2 Å². The van der Waals surface area contributed by atoms with E-state index in [-0.39, 0.29) is 12.5 Å². The van der Waals surface area contributed by atoms with Gasteiger partial charge in [0, 0.05) is 12.5 Å². The molecular formula is C7H16O3. The van der Waals surface area contributed by atoms with Crippen molar-refractivity contribution >= 4 is 0 Å². The molecule has 62 valence electrons. The Morgan fingerprint density at radius 2 is 1.80 bits per heavy atom. The highest BCUT2D eigenvalue weighted by molar-refractivity contribution is 4.70. The Bertz CT molecular complexity index is 74.9. The first-order valence-corrected chi connectivity index (χ1v) is 3.60. The molecule has 0 heterocycles. The Labute approximate surface area is 61.3 Å². The second-order valence-corrected chi connectivity index (χ2v) is 2.63. The zero-order valence-corrected chi connectivity index (χ0v) is 6.49. The zero-order valence-electron chi connectivity index (χ0n) is 6.49. The fraction of sp³-hybridized carbons (Fsp3) is 1.00. The summed E-state index contributed by atoms with van der Waals surface area (Å²) in [6.45, 7) is 3.40. The molecule has 0 amide bonds. The molecule has 3 N–H and O–H groups in total. The molecule has 0 fully saturated rings. The first kappa shape index (κ1) is 9.88. The molecule has 0 aromatic heterocycles. The van der Waals surface area contributed by atoms with E-state index in [9.17, 15) is 5.11 Å². The van der Waals surface area contributed by atoms with Crippen LogP contribution < -0.4 is 0 Å². The first-order chi connectivity index (χ1) is 4.63. The number of rotatable bonds is 4. The van der Waals surface area contributed by atoms with Crippen LogP contribution in [0.3, 0.4) is 0 Å². The Morgan fingerprint density at radius 1 is 1.30 bits per heavy atom. The van der Waals surface area contributed by atoms with Gasteiger partial charge in [-0.25, -0.2) is 0 Å². The maximum atomic E-state index is 9.18. The minimum Gasteiger partial charge on any atom is -0.396 e. The van der Waals surface area contributed by atoms with E-state index in [1.165, 1.54) is 0 Å². The van der Waals surface area contributed by atoms with Crippen molar-refractivity contribution in [2.45, 2.75) is 32.5 Å². The van der Waals surface area contributed by atoms with Crippen LogP contribution >= 0.6 is 0 Å². The van der Waals surface area contributed by atoms with Gasteiger partial charge in [-0.05, 0) is 6.42 Å². The predicted octanol–water partition coefficient (Wildman–Crippen LogP) is -0.253. The zero-order chi connectivity index (χ0) is 8.15. The number of aliphatic hydroxyl groups is 3. The van der Waals surface area contributed by atoms with E-state index >= 15 is 0 Å². The number of hydrogen-bond donors (Lipinski definition) is 3. The van der Waals surface area contributed by atoms with Crippen LogP contribution in [0.5, 0.6) is 0 Å². The molecule has 0 rings (SSSR count). The minimum atomic E-state index is -0.796. The third kappa shape index (κ3) is 2.64. The van der Waals surface area contributed by atoms with Crippen molar-refractivity contribution < 1.29 is 15.3 Å². The van der Waals surface area contributed by atoms with E-state index in [0.717, 1.165) is 0 Å². The summed E-state index contributed by atoms with van der Waals surface area (Å²) in [5, 5.41) is 26.8. The van der Waals surface area contributed by atoms with Gasteiger partial charge in [0.1, 0.15) is 0 Å². The second kappa shape index (κ2) is 4.66. The minimum absolute atomic E-state index is 0.0851.